The number of benzene rings is 2. The van der Waals surface area contributed by atoms with Crippen LogP contribution in [0.2, 0.25) is 0 Å². The van der Waals surface area contributed by atoms with Gasteiger partial charge < -0.3 is 4.74 Å². The summed E-state index contributed by atoms with van der Waals surface area (Å²) >= 11 is 3.18. The van der Waals surface area contributed by atoms with E-state index in [2.05, 4.69) is 15.9 Å². The van der Waals surface area contributed by atoms with E-state index in [0.29, 0.717) is 16.3 Å². The van der Waals surface area contributed by atoms with Crippen molar-refractivity contribution in [2.45, 2.75) is 6.61 Å². The third kappa shape index (κ3) is 3.61. The van der Waals surface area contributed by atoms with E-state index in [0.717, 1.165) is 6.07 Å². The molecule has 0 aliphatic rings. The Labute approximate surface area is 117 Å². The molecule has 0 heterocycles. The van der Waals surface area contributed by atoms with Gasteiger partial charge in [0.1, 0.15) is 24.0 Å². The molecule has 0 aromatic heterocycles. The van der Waals surface area contributed by atoms with Gasteiger partial charge >= 0.3 is 0 Å². The van der Waals surface area contributed by atoms with E-state index in [1.807, 2.05) is 0 Å². The van der Waals surface area contributed by atoms with Crippen molar-refractivity contribution in [1.82, 2.24) is 0 Å². The van der Waals surface area contributed by atoms with Crippen LogP contribution in [-0.4, -0.2) is 6.29 Å². The number of hydrogen-bond donors (Lipinski definition) is 0. The molecule has 2 nitrogen and oxygen atoms in total. The third-order valence-corrected chi connectivity index (χ3v) is 2.87. The average Bonchev–Trinajstić information content (AvgIpc) is 2.36. The first kappa shape index (κ1) is 13.7. The first-order valence-electron chi connectivity index (χ1n) is 5.41. The van der Waals surface area contributed by atoms with Crippen molar-refractivity contribution in [3.05, 3.63) is 63.6 Å². The van der Waals surface area contributed by atoms with E-state index >= 15 is 0 Å². The molecule has 0 saturated carbocycles. The molecule has 0 N–H and O–H groups in total. The van der Waals surface area contributed by atoms with Gasteiger partial charge in [-0.1, -0.05) is 15.9 Å². The number of rotatable bonds is 4. The maximum absolute atomic E-state index is 13.2. The highest BCUT2D eigenvalue weighted by Gasteiger charge is 2.06. The number of carbonyl (C=O) groups is 1. The molecule has 0 spiro atoms. The maximum Gasteiger partial charge on any atom is 0.153 e. The van der Waals surface area contributed by atoms with Crippen molar-refractivity contribution in [2.75, 3.05) is 0 Å². The summed E-state index contributed by atoms with van der Waals surface area (Å²) in [7, 11) is 0. The normalized spacial score (nSPS) is 10.3. The van der Waals surface area contributed by atoms with Gasteiger partial charge in [0.05, 0.1) is 5.56 Å². The lowest BCUT2D eigenvalue weighted by atomic mass is 10.2. The van der Waals surface area contributed by atoms with Crippen LogP contribution < -0.4 is 4.74 Å². The largest absolute Gasteiger partial charge is 0.488 e. The predicted molar refractivity (Wildman–Crippen MR) is 70.2 cm³/mol. The summed E-state index contributed by atoms with van der Waals surface area (Å²) in [6, 6.07) is 8.02. The zero-order valence-electron chi connectivity index (χ0n) is 9.70. The van der Waals surface area contributed by atoms with E-state index in [1.165, 1.54) is 24.3 Å². The molecule has 5 heteroatoms. The summed E-state index contributed by atoms with van der Waals surface area (Å²) in [5.74, 6) is -0.637. The van der Waals surface area contributed by atoms with Crippen LogP contribution in [0, 0.1) is 11.6 Å². The highest BCUT2D eigenvalue weighted by Crippen LogP contribution is 2.21. The van der Waals surface area contributed by atoms with Gasteiger partial charge in [-0.2, -0.15) is 0 Å². The molecule has 0 aliphatic heterocycles. The van der Waals surface area contributed by atoms with Gasteiger partial charge in [-0.15, -0.1) is 0 Å². The number of ether oxygens (including phenoxy) is 1. The molecule has 0 atom stereocenters. The lowest BCUT2D eigenvalue weighted by Gasteiger charge is -2.09. The lowest BCUT2D eigenvalue weighted by molar-refractivity contribution is 0.111. The van der Waals surface area contributed by atoms with Gasteiger partial charge in [-0.3, -0.25) is 4.79 Å². The van der Waals surface area contributed by atoms with Gasteiger partial charge in [0, 0.05) is 4.47 Å². The van der Waals surface area contributed by atoms with Crippen LogP contribution in [0.3, 0.4) is 0 Å². The molecule has 0 fully saturated rings. The van der Waals surface area contributed by atoms with Gasteiger partial charge in [-0.25, -0.2) is 8.78 Å². The Balaban J connectivity index is 2.16. The van der Waals surface area contributed by atoms with Crippen LogP contribution >= 0.6 is 15.9 Å². The molecule has 2 aromatic rings. The molecule has 0 amide bonds. The zero-order chi connectivity index (χ0) is 13.8. The summed E-state index contributed by atoms with van der Waals surface area (Å²) in [6.07, 6.45) is 0.514. The lowest BCUT2D eigenvalue weighted by Crippen LogP contribution is -1.99. The molecule has 0 aliphatic carbocycles. The smallest absolute Gasteiger partial charge is 0.153 e. The fraction of sp³-hybridized carbons (Fsp3) is 0.0714. The van der Waals surface area contributed by atoms with Crippen molar-refractivity contribution in [2.24, 2.45) is 0 Å². The number of halogens is 3. The highest BCUT2D eigenvalue weighted by molar-refractivity contribution is 9.10. The zero-order valence-corrected chi connectivity index (χ0v) is 11.3. The summed E-state index contributed by atoms with van der Waals surface area (Å²) in [6.45, 7) is 0.0861. The fourth-order valence-electron chi connectivity index (χ4n) is 1.60. The van der Waals surface area contributed by atoms with Crippen LogP contribution in [0.15, 0.2) is 40.9 Å². The van der Waals surface area contributed by atoms with E-state index in [1.54, 1.807) is 6.07 Å². The Kier molecular flexibility index (Phi) is 4.27. The van der Waals surface area contributed by atoms with Gasteiger partial charge in [0.15, 0.2) is 6.29 Å². The predicted octanol–water partition coefficient (Wildman–Crippen LogP) is 4.12. The topological polar surface area (TPSA) is 26.3 Å². The minimum Gasteiger partial charge on any atom is -0.488 e. The first-order chi connectivity index (χ1) is 9.08. The average molecular weight is 327 g/mol. The van der Waals surface area contributed by atoms with Gasteiger partial charge in [0.2, 0.25) is 0 Å². The Morgan fingerprint density at radius 1 is 1.11 bits per heavy atom. The van der Waals surface area contributed by atoms with E-state index in [4.69, 9.17) is 4.74 Å². The molecule has 19 heavy (non-hydrogen) atoms. The first-order valence-corrected chi connectivity index (χ1v) is 6.20. The minimum absolute atomic E-state index is 0.0861. The van der Waals surface area contributed by atoms with Gasteiger partial charge in [-0.05, 0) is 42.0 Å². The molecular weight excluding hydrogens is 318 g/mol. The summed E-state index contributed by atoms with van der Waals surface area (Å²) < 4.78 is 32.1. The van der Waals surface area contributed by atoms with Crippen molar-refractivity contribution < 1.29 is 18.3 Å². The second-order valence-electron chi connectivity index (χ2n) is 3.87. The van der Waals surface area contributed by atoms with Crippen LogP contribution in [0.25, 0.3) is 0 Å². The number of carbonyl (C=O) groups excluding carboxylic acids is 1. The molecule has 2 rings (SSSR count). The summed E-state index contributed by atoms with van der Waals surface area (Å²) in [5, 5.41) is 0. The molecule has 0 unspecified atom stereocenters. The van der Waals surface area contributed by atoms with Crippen LogP contribution in [0.1, 0.15) is 15.9 Å². The molecule has 0 radical (unpaired) electrons. The quantitative estimate of drug-likeness (QED) is 0.790. The van der Waals surface area contributed by atoms with E-state index in [-0.39, 0.29) is 23.7 Å². The van der Waals surface area contributed by atoms with Crippen molar-refractivity contribution in [3.8, 4) is 5.75 Å². The van der Waals surface area contributed by atoms with Crippen LogP contribution in [0.4, 0.5) is 8.78 Å². The van der Waals surface area contributed by atoms with Crippen LogP contribution in [0.5, 0.6) is 5.75 Å². The Hall–Kier alpha value is -1.75. The Morgan fingerprint density at radius 2 is 1.89 bits per heavy atom. The monoisotopic (exact) mass is 326 g/mol. The van der Waals surface area contributed by atoms with Crippen molar-refractivity contribution in [3.63, 3.8) is 0 Å². The van der Waals surface area contributed by atoms with Crippen LogP contribution in [-0.2, 0) is 6.61 Å². The molecule has 2 aromatic carbocycles. The number of aldehydes is 1. The molecular formula is C14H9BrF2O2. The maximum atomic E-state index is 13.2. The SMILES string of the molecule is O=Cc1cc(F)ccc1OCc1cc(F)cc(Br)c1. The van der Waals surface area contributed by atoms with E-state index in [9.17, 15) is 13.6 Å². The number of hydrogen-bond acceptors (Lipinski definition) is 2. The fourth-order valence-corrected chi connectivity index (χ4v) is 2.11. The Bertz CT molecular complexity index is 594. The third-order valence-electron chi connectivity index (χ3n) is 2.42. The summed E-state index contributed by atoms with van der Waals surface area (Å²) in [4.78, 5) is 10.8. The highest BCUT2D eigenvalue weighted by atomic mass is 79.9. The standard InChI is InChI=1S/C14H9BrF2O2/c15-11-3-9(4-13(17)6-11)8-19-14-2-1-12(16)5-10(14)7-18/h1-7H,8H2. The summed E-state index contributed by atoms with van der Waals surface area (Å²) in [5.41, 5.74) is 0.725. The minimum atomic E-state index is -0.511. The molecule has 98 valence electrons. The molecule has 0 bridgehead atoms. The van der Waals surface area contributed by atoms with Crippen molar-refractivity contribution in [1.29, 1.82) is 0 Å². The Morgan fingerprint density at radius 3 is 2.58 bits per heavy atom. The van der Waals surface area contributed by atoms with E-state index < -0.39 is 5.82 Å². The van der Waals surface area contributed by atoms with Gasteiger partial charge in [0.25, 0.3) is 0 Å². The second kappa shape index (κ2) is 5.93. The second-order valence-corrected chi connectivity index (χ2v) is 4.78. The molecule has 0 saturated heterocycles. The van der Waals surface area contributed by atoms with Crippen molar-refractivity contribution >= 4 is 22.2 Å².